The molecule has 12 heteroatoms. The van der Waals surface area contributed by atoms with Gasteiger partial charge in [0.2, 0.25) is 11.8 Å². The summed E-state index contributed by atoms with van der Waals surface area (Å²) in [5.74, 6) is 0.115. The molecule has 254 valence electrons. The van der Waals surface area contributed by atoms with Gasteiger partial charge in [0.15, 0.2) is 0 Å². The Morgan fingerprint density at radius 3 is 2.32 bits per heavy atom. The maximum atomic E-state index is 13.4. The van der Waals surface area contributed by atoms with Gasteiger partial charge < -0.3 is 14.8 Å². The van der Waals surface area contributed by atoms with Crippen molar-refractivity contribution >= 4 is 28.4 Å². The van der Waals surface area contributed by atoms with E-state index in [1.54, 1.807) is 6.07 Å². The lowest BCUT2D eigenvalue weighted by Gasteiger charge is -2.41. The highest BCUT2D eigenvalue weighted by Crippen LogP contribution is 2.32. The van der Waals surface area contributed by atoms with Gasteiger partial charge in [0, 0.05) is 35.3 Å². The molecule has 0 spiro atoms. The normalized spacial score (nSPS) is 17.5. The third-order valence-electron chi connectivity index (χ3n) is 8.60. The summed E-state index contributed by atoms with van der Waals surface area (Å²) in [6.45, 7) is 10.9. The van der Waals surface area contributed by atoms with Gasteiger partial charge in [-0.15, -0.1) is 0 Å². The van der Waals surface area contributed by atoms with E-state index in [-0.39, 0.29) is 39.8 Å². The number of benzene rings is 2. The van der Waals surface area contributed by atoms with Gasteiger partial charge in [-0.2, -0.15) is 4.98 Å². The molecule has 2 N–H and O–H groups in total. The smallest absolute Gasteiger partial charge is 0.407 e. The zero-order valence-corrected chi connectivity index (χ0v) is 29.2. The van der Waals surface area contributed by atoms with Gasteiger partial charge in [-0.1, -0.05) is 51.1 Å². The number of carbonyl (C=O) groups excluding carboxylic acids is 2. The molecule has 1 aliphatic rings. The number of hydrogen-bond acceptors (Lipinski definition) is 9. The number of amides is 1. The van der Waals surface area contributed by atoms with E-state index in [0.29, 0.717) is 24.6 Å². The van der Waals surface area contributed by atoms with E-state index in [0.717, 1.165) is 48.8 Å². The maximum absolute atomic E-state index is 13.4. The molecule has 0 aliphatic heterocycles. The number of hydrogen-bond donors (Lipinski definition) is 2. The predicted octanol–water partition coefficient (Wildman–Crippen LogP) is 6.16. The Labute approximate surface area is 278 Å². The van der Waals surface area contributed by atoms with Gasteiger partial charge in [0.1, 0.15) is 12.9 Å². The molecule has 11 nitrogen and oxygen atoms in total. The van der Waals surface area contributed by atoms with Crippen molar-refractivity contribution in [1.29, 1.82) is 0 Å². The number of nitrogens with one attached hydrogen (secondary N) is 2. The minimum atomic E-state index is -4.11. The molecule has 3 aromatic rings. The van der Waals surface area contributed by atoms with E-state index in [1.165, 1.54) is 31.4 Å². The lowest BCUT2D eigenvalue weighted by Crippen LogP contribution is -2.48. The molecule has 1 saturated carbocycles. The summed E-state index contributed by atoms with van der Waals surface area (Å²) in [6.07, 6.45) is 4.61. The predicted molar refractivity (Wildman–Crippen MR) is 182 cm³/mol. The summed E-state index contributed by atoms with van der Waals surface area (Å²) >= 11 is 0. The topological polar surface area (TPSA) is 140 Å². The van der Waals surface area contributed by atoms with E-state index in [1.807, 2.05) is 32.0 Å². The number of aromatic nitrogens is 2. The van der Waals surface area contributed by atoms with Gasteiger partial charge >= 0.3 is 6.09 Å². The Kier molecular flexibility index (Phi) is 11.6. The van der Waals surface area contributed by atoms with Gasteiger partial charge in [-0.25, -0.2) is 22.9 Å². The molecule has 0 saturated heterocycles. The van der Waals surface area contributed by atoms with E-state index in [4.69, 9.17) is 9.47 Å². The third kappa shape index (κ3) is 9.74. The minimum Gasteiger partial charge on any atom is -0.476 e. The molecular formula is C35H47N5O6S. The summed E-state index contributed by atoms with van der Waals surface area (Å²) in [6, 6.07) is 13.9. The fourth-order valence-corrected chi connectivity index (χ4v) is 7.18. The van der Waals surface area contributed by atoms with Crippen LogP contribution in [0.5, 0.6) is 5.88 Å². The molecule has 1 amide bonds. The summed E-state index contributed by atoms with van der Waals surface area (Å²) in [4.78, 5) is 34.4. The number of carbonyl (C=O) groups is 2. The molecule has 1 heterocycles. The number of ether oxygens (including phenoxy) is 2. The maximum Gasteiger partial charge on any atom is 0.407 e. The van der Waals surface area contributed by atoms with Crippen molar-refractivity contribution in [2.45, 2.75) is 89.7 Å². The van der Waals surface area contributed by atoms with E-state index < -0.39 is 16.1 Å². The highest BCUT2D eigenvalue weighted by molar-refractivity contribution is 7.92. The van der Waals surface area contributed by atoms with Crippen LogP contribution in [-0.2, 0) is 14.8 Å². The first kappa shape index (κ1) is 35.8. The Morgan fingerprint density at radius 1 is 1.04 bits per heavy atom. The van der Waals surface area contributed by atoms with Crippen LogP contribution in [0.2, 0.25) is 0 Å². The Balaban J connectivity index is 1.62. The second kappa shape index (κ2) is 15.2. The zero-order chi connectivity index (χ0) is 34.4. The number of alkyl carbamates (subject to hydrolysis) is 1. The second-order valence-electron chi connectivity index (χ2n) is 13.5. The number of sulfonamides is 1. The molecule has 1 fully saturated rings. The van der Waals surface area contributed by atoms with Crippen LogP contribution in [0, 0.1) is 19.3 Å². The second-order valence-corrected chi connectivity index (χ2v) is 15.2. The van der Waals surface area contributed by atoms with Gasteiger partial charge in [-0.05, 0) is 81.7 Å². The number of nitrogens with zero attached hydrogens (tertiary/aromatic N) is 3. The first-order chi connectivity index (χ1) is 22.2. The molecule has 0 radical (unpaired) electrons. The summed E-state index contributed by atoms with van der Waals surface area (Å²) in [5, 5.41) is 2.92. The molecular weight excluding hydrogens is 618 g/mol. The quantitative estimate of drug-likeness (QED) is 0.218. The van der Waals surface area contributed by atoms with Crippen LogP contribution in [0.15, 0.2) is 53.4 Å². The number of rotatable bonds is 12. The number of anilines is 1. The first-order valence-corrected chi connectivity index (χ1v) is 17.4. The van der Waals surface area contributed by atoms with Crippen LogP contribution >= 0.6 is 0 Å². The average Bonchev–Trinajstić information content (AvgIpc) is 3.02. The number of methoxy groups -OCH3 is 1. The Bertz CT molecular complexity index is 1640. The molecule has 1 aromatic heterocycles. The van der Waals surface area contributed by atoms with Gasteiger partial charge in [-0.3, -0.25) is 9.69 Å². The summed E-state index contributed by atoms with van der Waals surface area (Å²) in [7, 11) is -0.617. The molecule has 0 unspecified atom stereocenters. The monoisotopic (exact) mass is 665 g/mol. The zero-order valence-electron chi connectivity index (χ0n) is 28.4. The van der Waals surface area contributed by atoms with Crippen LogP contribution in [0.3, 0.4) is 0 Å². The lowest BCUT2D eigenvalue weighted by molar-refractivity contribution is 0.0651. The van der Waals surface area contributed by atoms with Crippen molar-refractivity contribution in [2.24, 2.45) is 5.41 Å². The minimum absolute atomic E-state index is 0.0118. The van der Waals surface area contributed by atoms with Crippen LogP contribution in [0.25, 0.3) is 11.3 Å². The number of aryl methyl sites for hydroxylation is 2. The van der Waals surface area contributed by atoms with Crippen molar-refractivity contribution in [1.82, 2.24) is 20.2 Å². The Hall–Kier alpha value is -4.03. The summed E-state index contributed by atoms with van der Waals surface area (Å²) in [5.41, 5.74) is 3.60. The van der Waals surface area contributed by atoms with Gasteiger partial charge in [0.05, 0.1) is 17.7 Å². The van der Waals surface area contributed by atoms with Gasteiger partial charge in [0.25, 0.3) is 10.0 Å². The molecule has 0 bridgehead atoms. The molecule has 4 rings (SSSR count). The van der Waals surface area contributed by atoms with Crippen LogP contribution in [-0.4, -0.2) is 74.6 Å². The van der Waals surface area contributed by atoms with Crippen molar-refractivity contribution in [3.63, 3.8) is 0 Å². The molecule has 1 aliphatic carbocycles. The van der Waals surface area contributed by atoms with E-state index in [2.05, 4.69) is 52.7 Å². The third-order valence-corrected chi connectivity index (χ3v) is 9.92. The highest BCUT2D eigenvalue weighted by Gasteiger charge is 2.31. The first-order valence-electron chi connectivity index (χ1n) is 15.9. The van der Waals surface area contributed by atoms with Crippen LogP contribution in [0.4, 0.5) is 10.7 Å². The number of aldehydes is 1. The fourth-order valence-electron chi connectivity index (χ4n) is 6.19. The number of likely N-dealkylation sites (N-methyl/N-ethyl adjacent to an activating group) is 1. The molecule has 47 heavy (non-hydrogen) atoms. The highest BCUT2D eigenvalue weighted by atomic mass is 32.2. The SMILES string of the molecule is COC(=O)NC1CCC(N(C)[C@@H](COc2cc(-c3c(C)cccc3C)nc(NS(=O)(=O)c3cccc(C=O)c3)n2)CC(C)(C)C)CC1. The Morgan fingerprint density at radius 2 is 1.70 bits per heavy atom. The van der Waals surface area contributed by atoms with Crippen LogP contribution < -0.4 is 14.8 Å². The average molecular weight is 666 g/mol. The lowest BCUT2D eigenvalue weighted by atomic mass is 9.85. The molecule has 1 atom stereocenters. The summed E-state index contributed by atoms with van der Waals surface area (Å²) < 4.78 is 40.4. The molecule has 2 aromatic carbocycles. The largest absolute Gasteiger partial charge is 0.476 e. The van der Waals surface area contributed by atoms with Crippen molar-refractivity contribution in [3.05, 3.63) is 65.2 Å². The van der Waals surface area contributed by atoms with Crippen molar-refractivity contribution in [2.75, 3.05) is 25.5 Å². The fraction of sp³-hybridized carbons (Fsp3) is 0.486. The van der Waals surface area contributed by atoms with E-state index >= 15 is 0 Å². The van der Waals surface area contributed by atoms with Crippen molar-refractivity contribution in [3.8, 4) is 17.1 Å². The standard InChI is InChI=1S/C35H47N5O6S/c1-23-10-8-11-24(2)32(23)30-19-31(38-33(37-30)39-47(43,44)29-13-9-12-25(18-29)21-41)46-22-28(20-35(3,4)5)40(6)27-16-14-26(15-17-27)36-34(42)45-7/h8-13,18-19,21,26-28H,14-17,20,22H2,1-7H3,(H,36,42)(H,37,38,39)/t26?,27?,28-/m1/s1. The van der Waals surface area contributed by atoms with E-state index in [9.17, 15) is 18.0 Å². The van der Waals surface area contributed by atoms with Crippen molar-refractivity contribution < 1.29 is 27.5 Å². The van der Waals surface area contributed by atoms with Crippen LogP contribution in [0.1, 0.15) is 74.4 Å².